The molecule has 0 bridgehead atoms. The van der Waals surface area contributed by atoms with Crippen LogP contribution in [-0.2, 0) is 27.8 Å². The van der Waals surface area contributed by atoms with Crippen molar-refractivity contribution in [1.82, 2.24) is 14.2 Å². The summed E-state index contributed by atoms with van der Waals surface area (Å²) in [6.07, 6.45) is -1.51. The summed E-state index contributed by atoms with van der Waals surface area (Å²) in [5, 5.41) is 11.9. The van der Waals surface area contributed by atoms with Gasteiger partial charge in [0.05, 0.1) is 27.3 Å². The van der Waals surface area contributed by atoms with Crippen molar-refractivity contribution < 1.29 is 23.1 Å². The van der Waals surface area contributed by atoms with Crippen LogP contribution in [-0.4, -0.2) is 66.1 Å². The average Bonchev–Trinajstić information content (AvgIpc) is 3.34. The Bertz CT molecular complexity index is 1550. The summed E-state index contributed by atoms with van der Waals surface area (Å²) in [6, 6.07) is 22.7. The number of hydrogen-bond acceptors (Lipinski definition) is 8. The summed E-state index contributed by atoms with van der Waals surface area (Å²) in [5.41, 5.74) is 8.17. The number of aliphatic hydroxyl groups excluding tert-OH is 1. The van der Waals surface area contributed by atoms with Gasteiger partial charge in [0.15, 0.2) is 5.13 Å². The number of aromatic nitrogens is 1. The summed E-state index contributed by atoms with van der Waals surface area (Å²) < 4.78 is 35.2. The van der Waals surface area contributed by atoms with E-state index in [2.05, 4.69) is 4.98 Å². The maximum Gasteiger partial charge on any atom is 0.410 e. The van der Waals surface area contributed by atoms with Gasteiger partial charge >= 0.3 is 6.09 Å². The van der Waals surface area contributed by atoms with E-state index in [1.54, 1.807) is 19.2 Å². The number of amides is 1. The highest BCUT2D eigenvalue weighted by Crippen LogP contribution is 2.28. The zero-order valence-electron chi connectivity index (χ0n) is 23.4. The van der Waals surface area contributed by atoms with Crippen molar-refractivity contribution in [2.75, 3.05) is 25.9 Å². The highest BCUT2D eigenvalue weighted by molar-refractivity contribution is 7.89. The molecule has 4 rings (SSSR count). The number of nitrogens with zero attached hydrogens (tertiary/aromatic N) is 3. The Hall–Kier alpha value is -3.51. The molecular weight excluding hydrogens is 560 g/mol. The number of nitrogen functional groups attached to an aromatic ring is 1. The number of fused-ring (bicyclic) bond motifs is 1. The molecule has 0 unspecified atom stereocenters. The number of sulfonamides is 1. The molecule has 218 valence electrons. The van der Waals surface area contributed by atoms with Crippen molar-refractivity contribution in [3.63, 3.8) is 0 Å². The molecule has 2 atom stereocenters. The van der Waals surface area contributed by atoms with Gasteiger partial charge < -0.3 is 20.5 Å². The van der Waals surface area contributed by atoms with E-state index < -0.39 is 28.3 Å². The van der Waals surface area contributed by atoms with E-state index in [0.29, 0.717) is 21.8 Å². The summed E-state index contributed by atoms with van der Waals surface area (Å²) in [4.78, 5) is 18.8. The fraction of sp³-hybridized carbons (Fsp3) is 0.333. The molecule has 1 heterocycles. The fourth-order valence-corrected chi connectivity index (χ4v) is 7.08. The van der Waals surface area contributed by atoms with Gasteiger partial charge in [-0.05, 0) is 41.7 Å². The van der Waals surface area contributed by atoms with E-state index in [0.717, 1.165) is 11.1 Å². The first-order valence-corrected chi connectivity index (χ1v) is 15.6. The Morgan fingerprint density at radius 3 is 2.27 bits per heavy atom. The minimum atomic E-state index is -4.00. The molecule has 41 heavy (non-hydrogen) atoms. The number of nitrogens with two attached hydrogens (primary N) is 1. The first kappa shape index (κ1) is 30.4. The molecule has 0 radical (unpaired) electrons. The summed E-state index contributed by atoms with van der Waals surface area (Å²) >= 11 is 1.21. The number of anilines is 1. The second kappa shape index (κ2) is 13.4. The van der Waals surface area contributed by atoms with E-state index >= 15 is 0 Å². The second-order valence-corrected chi connectivity index (χ2v) is 13.4. The van der Waals surface area contributed by atoms with Crippen LogP contribution in [0.15, 0.2) is 83.8 Å². The molecule has 0 aliphatic carbocycles. The largest absolute Gasteiger partial charge is 0.445 e. The van der Waals surface area contributed by atoms with E-state index in [1.165, 1.54) is 26.6 Å². The van der Waals surface area contributed by atoms with Gasteiger partial charge in [-0.3, -0.25) is 0 Å². The van der Waals surface area contributed by atoms with Gasteiger partial charge in [-0.15, -0.1) is 0 Å². The highest BCUT2D eigenvalue weighted by Gasteiger charge is 2.34. The molecule has 4 aromatic rings. The van der Waals surface area contributed by atoms with Crippen molar-refractivity contribution in [2.24, 2.45) is 5.92 Å². The quantitative estimate of drug-likeness (QED) is 0.241. The second-order valence-electron chi connectivity index (χ2n) is 10.4. The van der Waals surface area contributed by atoms with Crippen LogP contribution in [0.4, 0.5) is 9.93 Å². The first-order valence-electron chi connectivity index (χ1n) is 13.4. The number of hydrogen-bond donors (Lipinski definition) is 2. The molecule has 0 aliphatic rings. The zero-order chi connectivity index (χ0) is 29.6. The lowest BCUT2D eigenvalue weighted by molar-refractivity contribution is 0.0332. The minimum absolute atomic E-state index is 0.0131. The SMILES string of the molecule is CC(C)CN(C[C@@H](O)[C@H](Cc1ccccc1)N(C)C(=O)OCc1ccccc1)S(=O)(=O)c1ccc2nc(N)sc2c1. The molecule has 9 nitrogen and oxygen atoms in total. The molecule has 1 amide bonds. The van der Waals surface area contributed by atoms with Crippen LogP contribution >= 0.6 is 11.3 Å². The predicted octanol–water partition coefficient (Wildman–Crippen LogP) is 4.77. The molecule has 0 aliphatic heterocycles. The fourth-order valence-electron chi connectivity index (χ4n) is 4.58. The highest BCUT2D eigenvalue weighted by atomic mass is 32.2. The Morgan fingerprint density at radius 2 is 1.63 bits per heavy atom. The van der Waals surface area contributed by atoms with Crippen LogP contribution in [0.25, 0.3) is 10.2 Å². The number of thiazole rings is 1. The molecular formula is C30H36N4O5S2. The summed E-state index contributed by atoms with van der Waals surface area (Å²) in [7, 11) is -2.43. The van der Waals surface area contributed by atoms with Gasteiger partial charge in [-0.2, -0.15) is 4.31 Å². The van der Waals surface area contributed by atoms with Crippen LogP contribution in [0.5, 0.6) is 0 Å². The van der Waals surface area contributed by atoms with Gasteiger partial charge in [0, 0.05) is 20.1 Å². The number of carbonyl (C=O) groups excluding carboxylic acids is 1. The smallest absolute Gasteiger partial charge is 0.410 e. The van der Waals surface area contributed by atoms with Gasteiger partial charge in [-0.1, -0.05) is 85.8 Å². The maximum absolute atomic E-state index is 13.9. The van der Waals surface area contributed by atoms with E-state index in [-0.39, 0.29) is 30.5 Å². The number of carbonyl (C=O) groups is 1. The molecule has 0 saturated heterocycles. The molecule has 0 spiro atoms. The Morgan fingerprint density at radius 1 is 1.00 bits per heavy atom. The lowest BCUT2D eigenvalue weighted by Gasteiger charge is -2.34. The number of rotatable bonds is 12. The number of ether oxygens (including phenoxy) is 1. The van der Waals surface area contributed by atoms with Gasteiger partial charge in [0.25, 0.3) is 0 Å². The average molecular weight is 597 g/mol. The number of aliphatic hydroxyl groups is 1. The zero-order valence-corrected chi connectivity index (χ0v) is 25.0. The molecule has 1 aromatic heterocycles. The van der Waals surface area contributed by atoms with Crippen molar-refractivity contribution in [1.29, 1.82) is 0 Å². The summed E-state index contributed by atoms with van der Waals surface area (Å²) in [5.74, 6) is -0.0131. The topological polar surface area (TPSA) is 126 Å². The Balaban J connectivity index is 1.59. The lowest BCUT2D eigenvalue weighted by atomic mass is 10.00. The third-order valence-corrected chi connectivity index (χ3v) is 9.37. The van der Waals surface area contributed by atoms with Crippen LogP contribution < -0.4 is 5.73 Å². The van der Waals surface area contributed by atoms with Gasteiger partial charge in [0.1, 0.15) is 6.61 Å². The minimum Gasteiger partial charge on any atom is -0.445 e. The van der Waals surface area contributed by atoms with Crippen LogP contribution in [0, 0.1) is 5.92 Å². The van der Waals surface area contributed by atoms with Crippen molar-refractivity contribution in [2.45, 2.75) is 43.9 Å². The third kappa shape index (κ3) is 7.82. The molecule has 11 heteroatoms. The van der Waals surface area contributed by atoms with Crippen molar-refractivity contribution in [3.05, 3.63) is 90.0 Å². The number of benzene rings is 3. The van der Waals surface area contributed by atoms with Gasteiger partial charge in [0.2, 0.25) is 10.0 Å². The van der Waals surface area contributed by atoms with E-state index in [4.69, 9.17) is 10.5 Å². The predicted molar refractivity (Wildman–Crippen MR) is 162 cm³/mol. The van der Waals surface area contributed by atoms with Crippen LogP contribution in [0.3, 0.4) is 0 Å². The molecule has 0 fully saturated rings. The molecule has 3 N–H and O–H groups in total. The van der Waals surface area contributed by atoms with Crippen molar-refractivity contribution >= 4 is 42.8 Å². The molecule has 3 aromatic carbocycles. The Labute approximate surface area is 245 Å². The first-order chi connectivity index (χ1) is 19.5. The Kier molecular flexibility index (Phi) is 9.98. The molecule has 0 saturated carbocycles. The van der Waals surface area contributed by atoms with E-state index in [9.17, 15) is 18.3 Å². The third-order valence-electron chi connectivity index (χ3n) is 6.70. The van der Waals surface area contributed by atoms with E-state index in [1.807, 2.05) is 74.5 Å². The van der Waals surface area contributed by atoms with Crippen LogP contribution in [0.2, 0.25) is 0 Å². The maximum atomic E-state index is 13.9. The van der Waals surface area contributed by atoms with Crippen molar-refractivity contribution in [3.8, 4) is 0 Å². The standard InChI is InChI=1S/C30H36N4O5S2/c1-21(2)18-34(41(37,38)24-14-15-25-28(17-24)40-29(31)32-25)19-27(35)26(16-22-10-6-4-7-11-22)33(3)30(36)39-20-23-12-8-5-9-13-23/h4-15,17,21,26-27,35H,16,18-20H2,1-3H3,(H2,31,32)/t26-,27+/m0/s1. The van der Waals surface area contributed by atoms with Gasteiger partial charge in [-0.25, -0.2) is 18.2 Å². The summed E-state index contributed by atoms with van der Waals surface area (Å²) in [6.45, 7) is 3.88. The lowest BCUT2D eigenvalue weighted by Crippen LogP contribution is -2.51. The monoisotopic (exact) mass is 596 g/mol. The van der Waals surface area contributed by atoms with Crippen LogP contribution in [0.1, 0.15) is 25.0 Å². The normalized spacial score (nSPS) is 13.4. The number of likely N-dealkylation sites (N-methyl/N-ethyl adjacent to an activating group) is 1.